The fourth-order valence-electron chi connectivity index (χ4n) is 3.19. The van der Waals surface area contributed by atoms with Crippen molar-refractivity contribution in [2.24, 2.45) is 7.05 Å². The lowest BCUT2D eigenvalue weighted by atomic mass is 10.0. The first-order valence-electron chi connectivity index (χ1n) is 7.33. The molecule has 0 aromatic carbocycles. The molecule has 2 atom stereocenters. The van der Waals surface area contributed by atoms with E-state index in [0.717, 1.165) is 25.3 Å². The van der Waals surface area contributed by atoms with Gasteiger partial charge in [0.05, 0.1) is 12.2 Å². The Morgan fingerprint density at radius 1 is 1.29 bits per heavy atom. The molecule has 6 nitrogen and oxygen atoms in total. The van der Waals surface area contributed by atoms with Crippen molar-refractivity contribution in [2.75, 3.05) is 25.5 Å². The standard InChI is InChI=1S/C15H22N6/c1-19(2)13-5-8-21(15-16-6-4-7-17-15)14(13)9-12-10-18-20(3)11-12/h4,6-7,10-11,13-14H,5,8-9H2,1-3H3/t13-,14+/m1/s1. The van der Waals surface area contributed by atoms with Crippen LogP contribution in [0.1, 0.15) is 12.0 Å². The number of aromatic nitrogens is 4. The van der Waals surface area contributed by atoms with Gasteiger partial charge in [-0.1, -0.05) is 0 Å². The number of nitrogens with zero attached hydrogens (tertiary/aromatic N) is 6. The van der Waals surface area contributed by atoms with E-state index in [1.807, 2.05) is 36.4 Å². The summed E-state index contributed by atoms with van der Waals surface area (Å²) in [6, 6.07) is 2.75. The summed E-state index contributed by atoms with van der Waals surface area (Å²) < 4.78 is 1.86. The van der Waals surface area contributed by atoms with Crippen LogP contribution in [0.3, 0.4) is 0 Å². The maximum absolute atomic E-state index is 4.43. The van der Waals surface area contributed by atoms with E-state index in [1.165, 1.54) is 5.56 Å². The second-order valence-electron chi connectivity index (χ2n) is 5.86. The maximum atomic E-state index is 4.43. The van der Waals surface area contributed by atoms with Crippen molar-refractivity contribution < 1.29 is 0 Å². The molecule has 0 N–H and O–H groups in total. The molecule has 6 heteroatoms. The van der Waals surface area contributed by atoms with E-state index in [9.17, 15) is 0 Å². The Hall–Kier alpha value is -1.95. The Bertz CT molecular complexity index is 579. The van der Waals surface area contributed by atoms with E-state index in [2.05, 4.69) is 45.2 Å². The van der Waals surface area contributed by atoms with Crippen LogP contribution in [0.25, 0.3) is 0 Å². The molecule has 0 saturated carbocycles. The van der Waals surface area contributed by atoms with Crippen LogP contribution in [-0.4, -0.2) is 57.4 Å². The number of aryl methyl sites for hydroxylation is 1. The number of rotatable bonds is 4. The topological polar surface area (TPSA) is 50.1 Å². The lowest BCUT2D eigenvalue weighted by Crippen LogP contribution is -2.44. The number of hydrogen-bond donors (Lipinski definition) is 0. The Morgan fingerprint density at radius 3 is 2.67 bits per heavy atom. The average molecular weight is 286 g/mol. The fraction of sp³-hybridized carbons (Fsp3) is 0.533. The fourth-order valence-corrected chi connectivity index (χ4v) is 3.19. The summed E-state index contributed by atoms with van der Waals surface area (Å²) in [5, 5.41) is 4.28. The molecular formula is C15H22N6. The van der Waals surface area contributed by atoms with Crippen LogP contribution in [0.15, 0.2) is 30.9 Å². The Morgan fingerprint density at radius 2 is 2.05 bits per heavy atom. The molecule has 2 aromatic rings. The zero-order valence-corrected chi connectivity index (χ0v) is 12.8. The third kappa shape index (κ3) is 2.90. The highest BCUT2D eigenvalue weighted by molar-refractivity contribution is 5.35. The van der Waals surface area contributed by atoms with Crippen LogP contribution < -0.4 is 4.90 Å². The quantitative estimate of drug-likeness (QED) is 0.838. The molecule has 2 aromatic heterocycles. The summed E-state index contributed by atoms with van der Waals surface area (Å²) in [6.07, 6.45) is 9.77. The summed E-state index contributed by atoms with van der Waals surface area (Å²) in [7, 11) is 6.26. The summed E-state index contributed by atoms with van der Waals surface area (Å²) in [6.45, 7) is 0.998. The predicted molar refractivity (Wildman–Crippen MR) is 82.2 cm³/mol. The van der Waals surface area contributed by atoms with Gasteiger partial charge in [-0.15, -0.1) is 0 Å². The molecule has 3 rings (SSSR count). The van der Waals surface area contributed by atoms with Crippen molar-refractivity contribution in [3.63, 3.8) is 0 Å². The van der Waals surface area contributed by atoms with Gasteiger partial charge in [-0.2, -0.15) is 5.10 Å². The third-order valence-corrected chi connectivity index (χ3v) is 4.19. The lowest BCUT2D eigenvalue weighted by Gasteiger charge is -2.31. The Balaban J connectivity index is 1.85. The molecule has 0 bridgehead atoms. The highest BCUT2D eigenvalue weighted by Crippen LogP contribution is 2.27. The first-order chi connectivity index (χ1) is 10.1. The van der Waals surface area contributed by atoms with Gasteiger partial charge in [0.15, 0.2) is 0 Å². The van der Waals surface area contributed by atoms with Gasteiger partial charge in [-0.05, 0) is 38.6 Å². The summed E-state index contributed by atoms with van der Waals surface area (Å²) >= 11 is 0. The van der Waals surface area contributed by atoms with E-state index < -0.39 is 0 Å². The van der Waals surface area contributed by atoms with Crippen molar-refractivity contribution in [3.05, 3.63) is 36.4 Å². The normalized spacial score (nSPS) is 22.2. The second-order valence-corrected chi connectivity index (χ2v) is 5.86. The molecule has 1 aliphatic rings. The van der Waals surface area contributed by atoms with Gasteiger partial charge < -0.3 is 9.80 Å². The third-order valence-electron chi connectivity index (χ3n) is 4.19. The van der Waals surface area contributed by atoms with E-state index in [0.29, 0.717) is 12.1 Å². The summed E-state index contributed by atoms with van der Waals surface area (Å²) in [5.74, 6) is 0.829. The zero-order valence-electron chi connectivity index (χ0n) is 12.8. The minimum Gasteiger partial charge on any atom is -0.336 e. The number of likely N-dealkylation sites (N-methyl/N-ethyl adjacent to an activating group) is 1. The van der Waals surface area contributed by atoms with Crippen LogP contribution in [0, 0.1) is 0 Å². The average Bonchev–Trinajstić information content (AvgIpc) is 3.07. The van der Waals surface area contributed by atoms with Gasteiger partial charge in [0, 0.05) is 38.2 Å². The molecule has 0 aliphatic carbocycles. The van der Waals surface area contributed by atoms with Gasteiger partial charge in [-0.25, -0.2) is 9.97 Å². The smallest absolute Gasteiger partial charge is 0.225 e. The minimum atomic E-state index is 0.381. The zero-order chi connectivity index (χ0) is 14.8. The van der Waals surface area contributed by atoms with Gasteiger partial charge in [0.2, 0.25) is 5.95 Å². The van der Waals surface area contributed by atoms with Gasteiger partial charge in [0.25, 0.3) is 0 Å². The van der Waals surface area contributed by atoms with Crippen molar-refractivity contribution in [3.8, 4) is 0 Å². The molecule has 1 saturated heterocycles. The second kappa shape index (κ2) is 5.81. The Labute approximate surface area is 125 Å². The minimum absolute atomic E-state index is 0.381. The van der Waals surface area contributed by atoms with Crippen molar-refractivity contribution >= 4 is 5.95 Å². The summed E-state index contributed by atoms with van der Waals surface area (Å²) in [5.41, 5.74) is 1.26. The molecule has 1 aliphatic heterocycles. The largest absolute Gasteiger partial charge is 0.336 e. The lowest BCUT2D eigenvalue weighted by molar-refractivity contribution is 0.273. The van der Waals surface area contributed by atoms with Gasteiger partial charge >= 0.3 is 0 Å². The number of hydrogen-bond acceptors (Lipinski definition) is 5. The molecule has 21 heavy (non-hydrogen) atoms. The maximum Gasteiger partial charge on any atom is 0.225 e. The van der Waals surface area contributed by atoms with Crippen LogP contribution >= 0.6 is 0 Å². The highest BCUT2D eigenvalue weighted by atomic mass is 15.3. The Kier molecular flexibility index (Phi) is 3.88. The SMILES string of the molecule is CN(C)[C@@H]1CCN(c2ncccn2)[C@H]1Cc1cnn(C)c1. The van der Waals surface area contributed by atoms with Crippen LogP contribution in [-0.2, 0) is 13.5 Å². The van der Waals surface area contributed by atoms with E-state index >= 15 is 0 Å². The number of anilines is 1. The molecule has 0 unspecified atom stereocenters. The molecule has 3 heterocycles. The molecule has 1 fully saturated rings. The first-order valence-corrected chi connectivity index (χ1v) is 7.33. The van der Waals surface area contributed by atoms with Crippen molar-refractivity contribution in [2.45, 2.75) is 24.9 Å². The van der Waals surface area contributed by atoms with Crippen molar-refractivity contribution in [1.29, 1.82) is 0 Å². The van der Waals surface area contributed by atoms with E-state index in [4.69, 9.17) is 0 Å². The van der Waals surface area contributed by atoms with Crippen molar-refractivity contribution in [1.82, 2.24) is 24.6 Å². The van der Waals surface area contributed by atoms with Crippen LogP contribution in [0.2, 0.25) is 0 Å². The highest BCUT2D eigenvalue weighted by Gasteiger charge is 2.36. The molecule has 0 radical (unpaired) electrons. The first kappa shape index (κ1) is 14.0. The van der Waals surface area contributed by atoms with Gasteiger partial charge in [0.1, 0.15) is 0 Å². The predicted octanol–water partition coefficient (Wildman–Crippen LogP) is 0.962. The molecule has 0 amide bonds. The molecule has 0 spiro atoms. The molecular weight excluding hydrogens is 264 g/mol. The van der Waals surface area contributed by atoms with E-state index in [1.54, 1.807) is 0 Å². The monoisotopic (exact) mass is 286 g/mol. The van der Waals surface area contributed by atoms with Crippen LogP contribution in [0.5, 0.6) is 0 Å². The van der Waals surface area contributed by atoms with Gasteiger partial charge in [-0.3, -0.25) is 4.68 Å². The summed E-state index contributed by atoms with van der Waals surface area (Å²) in [4.78, 5) is 13.5. The van der Waals surface area contributed by atoms with Crippen LogP contribution in [0.4, 0.5) is 5.95 Å². The molecule has 112 valence electrons. The van der Waals surface area contributed by atoms with E-state index in [-0.39, 0.29) is 0 Å².